The van der Waals surface area contributed by atoms with E-state index in [1.807, 2.05) is 38.1 Å². The number of nitrogens with one attached hydrogen (secondary N) is 1. The lowest BCUT2D eigenvalue weighted by molar-refractivity contribution is -0.118. The van der Waals surface area contributed by atoms with Crippen molar-refractivity contribution in [3.8, 4) is 0 Å². The van der Waals surface area contributed by atoms with Crippen LogP contribution in [0.15, 0.2) is 57.5 Å². The number of unbranched alkanes of at least 4 members (excludes halogenated alkanes) is 3. The number of amides is 2. The van der Waals surface area contributed by atoms with E-state index in [2.05, 4.69) is 34.0 Å². The second-order valence-corrected chi connectivity index (χ2v) is 13.2. The number of nitrogens with zero attached hydrogens (tertiary/aromatic N) is 3. The van der Waals surface area contributed by atoms with Gasteiger partial charge in [-0.25, -0.2) is 4.99 Å². The van der Waals surface area contributed by atoms with Gasteiger partial charge in [0.15, 0.2) is 0 Å². The lowest BCUT2D eigenvalue weighted by Gasteiger charge is -2.36. The lowest BCUT2D eigenvalue weighted by Crippen LogP contribution is -2.34. The van der Waals surface area contributed by atoms with Gasteiger partial charge < -0.3 is 20.2 Å². The van der Waals surface area contributed by atoms with Gasteiger partial charge in [-0.1, -0.05) is 47.0 Å². The molecule has 2 N–H and O–H groups in total. The first-order valence-corrected chi connectivity index (χ1v) is 18.0. The van der Waals surface area contributed by atoms with Crippen LogP contribution in [0.3, 0.4) is 0 Å². The number of hydrogen-bond acceptors (Lipinski definition) is 6. The minimum atomic E-state index is -0.290. The molecule has 1 aromatic rings. The number of hydrogen-bond donors (Lipinski definition) is 2. The summed E-state index contributed by atoms with van der Waals surface area (Å²) in [6.45, 7) is 12.1. The maximum absolute atomic E-state index is 14.2. The van der Waals surface area contributed by atoms with Crippen molar-refractivity contribution in [1.29, 1.82) is 0 Å². The fourth-order valence-corrected chi connectivity index (χ4v) is 7.12. The maximum atomic E-state index is 14.2. The van der Waals surface area contributed by atoms with Gasteiger partial charge in [0.1, 0.15) is 5.76 Å². The Balaban J connectivity index is 1.60. The topological polar surface area (TPSA) is 102 Å². The van der Waals surface area contributed by atoms with Gasteiger partial charge in [-0.3, -0.25) is 14.4 Å². The number of piperidine rings is 1. The molecule has 0 saturated carbocycles. The summed E-state index contributed by atoms with van der Waals surface area (Å²) in [6, 6.07) is 3.99. The lowest BCUT2D eigenvalue weighted by atomic mass is 9.76. The Hall–Kier alpha value is -3.94. The van der Waals surface area contributed by atoms with E-state index in [1.54, 1.807) is 0 Å². The quantitative estimate of drug-likeness (QED) is 0.167. The van der Waals surface area contributed by atoms with E-state index in [0.717, 1.165) is 106 Å². The third-order valence-electron chi connectivity index (χ3n) is 9.59. The summed E-state index contributed by atoms with van der Waals surface area (Å²) in [5, 5.41) is 14.8. The van der Waals surface area contributed by atoms with E-state index in [-0.39, 0.29) is 34.5 Å². The number of aliphatic imine (C=N–C) groups is 1. The molecule has 0 unspecified atom stereocenters. The largest absolute Gasteiger partial charge is 0.506 e. The zero-order chi connectivity index (χ0) is 33.5. The molecule has 1 saturated heterocycles. The summed E-state index contributed by atoms with van der Waals surface area (Å²) >= 11 is 0. The highest BCUT2D eigenvalue weighted by Gasteiger charge is 2.41. The van der Waals surface area contributed by atoms with Crippen LogP contribution in [-0.4, -0.2) is 59.5 Å². The van der Waals surface area contributed by atoms with Gasteiger partial charge in [-0.2, -0.15) is 0 Å². The number of aryl methyl sites for hydroxylation is 1. The van der Waals surface area contributed by atoms with Crippen LogP contribution in [0.5, 0.6) is 0 Å². The van der Waals surface area contributed by atoms with Gasteiger partial charge >= 0.3 is 0 Å². The van der Waals surface area contributed by atoms with E-state index < -0.39 is 0 Å². The standard InChI is InChI=1S/C39H52N4O4/c1-5-9-11-19-43-21-13-17-27-23-29(31(25-33(27)43)41-35(45)15-8-4)37-38(46)36(39(37)47)28-22-26-16-12-20-42(18-10-6-2)32(26)24-30(28)40-34(44)14-7-3/h22-25,46H,5-21H2,1-4H3,(H,40,44). The molecule has 0 atom stereocenters. The Morgan fingerprint density at radius 2 is 1.57 bits per heavy atom. The Morgan fingerprint density at radius 3 is 2.30 bits per heavy atom. The van der Waals surface area contributed by atoms with E-state index in [0.29, 0.717) is 48.2 Å². The molecular formula is C39H52N4O4. The molecule has 2 heterocycles. The Bertz CT molecular complexity index is 1560. The molecule has 4 aliphatic rings. The van der Waals surface area contributed by atoms with Crippen molar-refractivity contribution in [1.82, 2.24) is 4.90 Å². The van der Waals surface area contributed by atoms with Crippen LogP contribution in [0, 0.1) is 0 Å². The maximum Gasteiger partial charge on any atom is 0.246 e. The van der Waals surface area contributed by atoms with Crippen molar-refractivity contribution >= 4 is 40.3 Å². The van der Waals surface area contributed by atoms with E-state index >= 15 is 0 Å². The van der Waals surface area contributed by atoms with Gasteiger partial charge in [-0.05, 0) is 86.8 Å². The highest BCUT2D eigenvalue weighted by atomic mass is 16.3. The van der Waals surface area contributed by atoms with Gasteiger partial charge in [0.05, 0.1) is 22.5 Å². The second kappa shape index (κ2) is 15.8. The van der Waals surface area contributed by atoms with E-state index in [9.17, 15) is 19.5 Å². The molecule has 252 valence electrons. The van der Waals surface area contributed by atoms with Crippen molar-refractivity contribution in [2.45, 2.75) is 111 Å². The number of carbonyl (C=O) groups excluding carboxylic acids is 3. The van der Waals surface area contributed by atoms with Gasteiger partial charge in [0.25, 0.3) is 0 Å². The molecule has 0 bridgehead atoms. The third-order valence-corrected chi connectivity index (χ3v) is 9.59. The van der Waals surface area contributed by atoms with Crippen molar-refractivity contribution in [2.24, 2.45) is 4.99 Å². The summed E-state index contributed by atoms with van der Waals surface area (Å²) < 4.78 is 0. The molecule has 2 aliphatic carbocycles. The van der Waals surface area contributed by atoms with Crippen LogP contribution >= 0.6 is 0 Å². The number of carbonyl (C=O) groups is 3. The summed E-state index contributed by atoms with van der Waals surface area (Å²) in [5.74, 6) is -0.743. The summed E-state index contributed by atoms with van der Waals surface area (Å²) in [7, 11) is 0. The first kappa shape index (κ1) is 34.4. The van der Waals surface area contributed by atoms with Crippen LogP contribution in [0.25, 0.3) is 5.57 Å². The predicted octanol–water partition coefficient (Wildman–Crippen LogP) is 8.00. The average molecular weight is 641 g/mol. The number of aliphatic hydroxyl groups excluding tert-OH is 1. The van der Waals surface area contributed by atoms with Crippen LogP contribution in [-0.2, 0) is 20.8 Å². The first-order chi connectivity index (χ1) is 22.8. The third kappa shape index (κ3) is 7.47. The molecule has 47 heavy (non-hydrogen) atoms. The molecule has 0 radical (unpaired) electrons. The summed E-state index contributed by atoms with van der Waals surface area (Å²) in [4.78, 5) is 49.1. The molecule has 0 aromatic heterocycles. The molecule has 8 heteroatoms. The molecule has 0 spiro atoms. The van der Waals surface area contributed by atoms with Crippen LogP contribution in [0.1, 0.15) is 116 Å². The molecule has 1 fully saturated rings. The van der Waals surface area contributed by atoms with Crippen LogP contribution in [0.2, 0.25) is 0 Å². The number of rotatable bonds is 13. The van der Waals surface area contributed by atoms with E-state index in [4.69, 9.17) is 0 Å². The summed E-state index contributed by atoms with van der Waals surface area (Å²) in [6.07, 6.45) is 15.3. The van der Waals surface area contributed by atoms with Crippen LogP contribution < -0.4 is 10.2 Å². The average Bonchev–Trinajstić information content (AvgIpc) is 3.05. The monoisotopic (exact) mass is 640 g/mol. The first-order valence-electron chi connectivity index (χ1n) is 18.0. The Labute approximate surface area is 280 Å². The second-order valence-electron chi connectivity index (χ2n) is 13.2. The molecule has 2 aliphatic heterocycles. The fourth-order valence-electron chi connectivity index (χ4n) is 7.12. The molecule has 2 amide bonds. The minimum Gasteiger partial charge on any atom is -0.506 e. The zero-order valence-corrected chi connectivity index (χ0v) is 28.8. The number of anilines is 2. The number of Topliss-reactive ketones (excluding diaryl/α,β-unsaturated/α-hetero) is 1. The Morgan fingerprint density at radius 1 is 0.851 bits per heavy atom. The zero-order valence-electron chi connectivity index (χ0n) is 28.8. The molecule has 5 rings (SSSR count). The predicted molar refractivity (Wildman–Crippen MR) is 191 cm³/mol. The normalized spacial score (nSPS) is 20.1. The number of benzene rings is 1. The minimum absolute atomic E-state index is 0.102. The smallest absolute Gasteiger partial charge is 0.246 e. The van der Waals surface area contributed by atoms with E-state index in [1.165, 1.54) is 0 Å². The number of ketones is 1. The SMILES string of the molecule is CCCCCN1CCCC2=CC(=C3C(=O)C(c4cc5c(cc4NC(=O)CCC)N(CCCC)CCC5)=C3O)C(=NC(=O)CCC)C=C21. The van der Waals surface area contributed by atoms with Gasteiger partial charge in [-0.15, -0.1) is 0 Å². The highest BCUT2D eigenvalue weighted by Crippen LogP contribution is 2.45. The van der Waals surface area contributed by atoms with Crippen molar-refractivity contribution in [2.75, 3.05) is 36.4 Å². The highest BCUT2D eigenvalue weighted by molar-refractivity contribution is 6.42. The molecular weight excluding hydrogens is 588 g/mol. The van der Waals surface area contributed by atoms with Crippen molar-refractivity contribution in [3.05, 3.63) is 63.6 Å². The van der Waals surface area contributed by atoms with Crippen LogP contribution in [0.4, 0.5) is 11.4 Å². The Kier molecular flexibility index (Phi) is 11.5. The van der Waals surface area contributed by atoms with Gasteiger partial charge in [0.2, 0.25) is 17.6 Å². The number of aliphatic hydroxyl groups is 1. The number of likely N-dealkylation sites (tertiary alicyclic amines) is 1. The number of allylic oxidation sites excluding steroid dienone is 6. The van der Waals surface area contributed by atoms with Gasteiger partial charge in [0, 0.05) is 61.5 Å². The summed E-state index contributed by atoms with van der Waals surface area (Å²) in [5.41, 5.74) is 6.85. The molecule has 1 aromatic carbocycles. The molecule has 8 nitrogen and oxygen atoms in total. The van der Waals surface area contributed by atoms with Crippen molar-refractivity contribution < 1.29 is 19.5 Å². The van der Waals surface area contributed by atoms with Crippen molar-refractivity contribution in [3.63, 3.8) is 0 Å². The number of fused-ring (bicyclic) bond motifs is 2. The fraction of sp³-hybridized carbons (Fsp3) is 0.538.